The monoisotopic (exact) mass is 369 g/mol. The molecule has 0 unspecified atom stereocenters. The Bertz CT molecular complexity index is 705. The van der Waals surface area contributed by atoms with Gasteiger partial charge in [-0.15, -0.1) is 0 Å². The number of hydrogen-bond donors (Lipinski definition) is 1. The first-order valence-corrected chi connectivity index (χ1v) is 9.97. The van der Waals surface area contributed by atoms with Crippen molar-refractivity contribution in [2.24, 2.45) is 4.99 Å². The van der Waals surface area contributed by atoms with E-state index in [0.29, 0.717) is 12.6 Å². The number of hydrogen-bond acceptors (Lipinski definition) is 3. The summed E-state index contributed by atoms with van der Waals surface area (Å²) in [7, 11) is 0. The van der Waals surface area contributed by atoms with Crippen LogP contribution in [0.25, 0.3) is 0 Å². The van der Waals surface area contributed by atoms with E-state index in [1.807, 2.05) is 18.7 Å². The molecular weight excluding hydrogens is 338 g/mol. The zero-order chi connectivity index (χ0) is 18.9. The maximum absolute atomic E-state index is 5.76. The molecule has 3 rings (SSSR count). The predicted octanol–water partition coefficient (Wildman–Crippen LogP) is 2.90. The molecule has 0 radical (unpaired) electrons. The van der Waals surface area contributed by atoms with Gasteiger partial charge < -0.3 is 19.5 Å². The van der Waals surface area contributed by atoms with Crippen LogP contribution in [0.2, 0.25) is 0 Å². The van der Waals surface area contributed by atoms with E-state index in [2.05, 4.69) is 57.9 Å². The molecule has 0 spiro atoms. The first-order valence-electron chi connectivity index (χ1n) is 9.97. The number of ether oxygens (including phenoxy) is 1. The van der Waals surface area contributed by atoms with Crippen molar-refractivity contribution < 1.29 is 4.74 Å². The molecule has 6 nitrogen and oxygen atoms in total. The lowest BCUT2D eigenvalue weighted by atomic mass is 10.1. The highest BCUT2D eigenvalue weighted by Crippen LogP contribution is 2.14. The molecule has 0 saturated carbocycles. The fourth-order valence-corrected chi connectivity index (χ4v) is 3.48. The SMILES string of the molecule is CCNC(=NCc1cccc(Cn2ccnc2)c1)N1CCC(OCC)CC1. The summed E-state index contributed by atoms with van der Waals surface area (Å²) in [5.74, 6) is 1.01. The van der Waals surface area contributed by atoms with Crippen LogP contribution in [0.1, 0.15) is 37.8 Å². The number of likely N-dealkylation sites (tertiary alicyclic amines) is 1. The molecule has 1 N–H and O–H groups in total. The number of nitrogens with one attached hydrogen (secondary N) is 1. The van der Waals surface area contributed by atoms with Gasteiger partial charge in [-0.2, -0.15) is 0 Å². The minimum Gasteiger partial charge on any atom is -0.378 e. The van der Waals surface area contributed by atoms with E-state index < -0.39 is 0 Å². The quantitative estimate of drug-likeness (QED) is 0.602. The normalized spacial score (nSPS) is 15.9. The summed E-state index contributed by atoms with van der Waals surface area (Å²) in [6.45, 7) is 9.38. The summed E-state index contributed by atoms with van der Waals surface area (Å²) in [5, 5.41) is 3.44. The second-order valence-electron chi connectivity index (χ2n) is 6.87. The van der Waals surface area contributed by atoms with Gasteiger partial charge in [0.25, 0.3) is 0 Å². The molecule has 2 heterocycles. The van der Waals surface area contributed by atoms with Crippen molar-refractivity contribution in [3.63, 3.8) is 0 Å². The maximum atomic E-state index is 5.76. The average molecular weight is 370 g/mol. The van der Waals surface area contributed by atoms with Crippen molar-refractivity contribution in [3.05, 3.63) is 54.1 Å². The summed E-state index contributed by atoms with van der Waals surface area (Å²) >= 11 is 0. The maximum Gasteiger partial charge on any atom is 0.194 e. The molecule has 1 aromatic carbocycles. The number of aliphatic imine (C=N–C) groups is 1. The minimum atomic E-state index is 0.397. The van der Waals surface area contributed by atoms with Gasteiger partial charge >= 0.3 is 0 Å². The Morgan fingerprint density at radius 2 is 2.07 bits per heavy atom. The lowest BCUT2D eigenvalue weighted by Crippen LogP contribution is -2.47. The van der Waals surface area contributed by atoms with Gasteiger partial charge in [-0.05, 0) is 37.8 Å². The third-order valence-corrected chi connectivity index (χ3v) is 4.81. The molecule has 1 fully saturated rings. The highest BCUT2D eigenvalue weighted by atomic mass is 16.5. The second kappa shape index (κ2) is 10.1. The van der Waals surface area contributed by atoms with Crippen molar-refractivity contribution in [2.75, 3.05) is 26.2 Å². The second-order valence-corrected chi connectivity index (χ2v) is 6.87. The molecule has 0 bridgehead atoms. The summed E-state index contributed by atoms with van der Waals surface area (Å²) in [6.07, 6.45) is 8.18. The van der Waals surface area contributed by atoms with Crippen LogP contribution >= 0.6 is 0 Å². The molecular formula is C21H31N5O. The fraction of sp³-hybridized carbons (Fsp3) is 0.524. The van der Waals surface area contributed by atoms with Gasteiger partial charge in [-0.3, -0.25) is 0 Å². The molecule has 1 aliphatic rings. The van der Waals surface area contributed by atoms with Crippen LogP contribution in [0.5, 0.6) is 0 Å². The number of rotatable bonds is 7. The Balaban J connectivity index is 1.61. The molecule has 1 aromatic heterocycles. The Labute approximate surface area is 162 Å². The molecule has 1 saturated heterocycles. The standard InChI is InChI=1S/C21H31N5O/c1-3-23-21(26-11-8-20(9-12-26)27-4-2)24-15-18-6-5-7-19(14-18)16-25-13-10-22-17-25/h5-7,10,13-14,17,20H,3-4,8-9,11-12,15-16H2,1-2H3,(H,23,24). The fourth-order valence-electron chi connectivity index (χ4n) is 3.48. The van der Waals surface area contributed by atoms with Crippen LogP contribution in [0.4, 0.5) is 0 Å². The van der Waals surface area contributed by atoms with Gasteiger partial charge in [-0.1, -0.05) is 24.3 Å². The largest absolute Gasteiger partial charge is 0.378 e. The van der Waals surface area contributed by atoms with Gasteiger partial charge in [0.2, 0.25) is 0 Å². The van der Waals surface area contributed by atoms with Crippen LogP contribution in [-0.4, -0.2) is 52.8 Å². The zero-order valence-corrected chi connectivity index (χ0v) is 16.5. The Morgan fingerprint density at radius 1 is 1.26 bits per heavy atom. The smallest absolute Gasteiger partial charge is 0.194 e. The Kier molecular flexibility index (Phi) is 7.27. The number of benzene rings is 1. The van der Waals surface area contributed by atoms with Crippen molar-refractivity contribution in [1.29, 1.82) is 0 Å². The van der Waals surface area contributed by atoms with Crippen LogP contribution in [0.3, 0.4) is 0 Å². The molecule has 0 atom stereocenters. The molecule has 2 aromatic rings. The van der Waals surface area contributed by atoms with E-state index in [9.17, 15) is 0 Å². The lowest BCUT2D eigenvalue weighted by molar-refractivity contribution is 0.0263. The first kappa shape index (κ1) is 19.4. The van der Waals surface area contributed by atoms with E-state index in [0.717, 1.165) is 51.6 Å². The van der Waals surface area contributed by atoms with E-state index in [1.54, 1.807) is 0 Å². The number of piperidine rings is 1. The van der Waals surface area contributed by atoms with Gasteiger partial charge in [0, 0.05) is 45.2 Å². The van der Waals surface area contributed by atoms with Crippen LogP contribution < -0.4 is 5.32 Å². The molecule has 0 aliphatic carbocycles. The number of aromatic nitrogens is 2. The van der Waals surface area contributed by atoms with E-state index >= 15 is 0 Å². The molecule has 27 heavy (non-hydrogen) atoms. The molecule has 1 aliphatic heterocycles. The summed E-state index contributed by atoms with van der Waals surface area (Å²) in [5.41, 5.74) is 2.50. The van der Waals surface area contributed by atoms with Crippen molar-refractivity contribution >= 4 is 5.96 Å². The van der Waals surface area contributed by atoms with Crippen molar-refractivity contribution in [1.82, 2.24) is 19.8 Å². The predicted molar refractivity (Wildman–Crippen MR) is 109 cm³/mol. The summed E-state index contributed by atoms with van der Waals surface area (Å²) in [4.78, 5) is 11.4. The zero-order valence-electron chi connectivity index (χ0n) is 16.5. The van der Waals surface area contributed by atoms with Gasteiger partial charge in [0.05, 0.1) is 19.0 Å². The molecule has 6 heteroatoms. The Morgan fingerprint density at radius 3 is 2.78 bits per heavy atom. The van der Waals surface area contributed by atoms with Crippen LogP contribution in [-0.2, 0) is 17.8 Å². The van der Waals surface area contributed by atoms with E-state index in [-0.39, 0.29) is 0 Å². The molecule has 146 valence electrons. The van der Waals surface area contributed by atoms with Crippen molar-refractivity contribution in [3.8, 4) is 0 Å². The Hall–Kier alpha value is -2.34. The first-order chi connectivity index (χ1) is 13.3. The lowest BCUT2D eigenvalue weighted by Gasteiger charge is -2.34. The number of imidazole rings is 1. The van der Waals surface area contributed by atoms with Gasteiger partial charge in [-0.25, -0.2) is 9.98 Å². The van der Waals surface area contributed by atoms with E-state index in [1.165, 1.54) is 11.1 Å². The highest BCUT2D eigenvalue weighted by molar-refractivity contribution is 5.80. The van der Waals surface area contributed by atoms with Crippen LogP contribution in [0.15, 0.2) is 48.0 Å². The summed E-state index contributed by atoms with van der Waals surface area (Å²) in [6, 6.07) is 8.63. The average Bonchev–Trinajstić information content (AvgIpc) is 3.19. The van der Waals surface area contributed by atoms with E-state index in [4.69, 9.17) is 9.73 Å². The third kappa shape index (κ3) is 5.82. The minimum absolute atomic E-state index is 0.397. The molecule has 0 amide bonds. The van der Waals surface area contributed by atoms with Gasteiger partial charge in [0.1, 0.15) is 0 Å². The topological polar surface area (TPSA) is 54.7 Å². The summed E-state index contributed by atoms with van der Waals surface area (Å²) < 4.78 is 7.84. The van der Waals surface area contributed by atoms with Crippen LogP contribution in [0, 0.1) is 0 Å². The number of guanidine groups is 1. The highest BCUT2D eigenvalue weighted by Gasteiger charge is 2.21. The van der Waals surface area contributed by atoms with Gasteiger partial charge in [0.15, 0.2) is 5.96 Å². The van der Waals surface area contributed by atoms with Crippen molar-refractivity contribution in [2.45, 2.75) is 45.9 Å². The number of nitrogens with zero attached hydrogens (tertiary/aromatic N) is 4. The third-order valence-electron chi connectivity index (χ3n) is 4.81.